The topological polar surface area (TPSA) is 74.3 Å². The molecule has 8 heteroatoms. The van der Waals surface area contributed by atoms with Crippen molar-refractivity contribution < 1.29 is 14.0 Å². The van der Waals surface area contributed by atoms with Gasteiger partial charge in [0, 0.05) is 19.3 Å². The average molecular weight is 363 g/mol. The Hall–Kier alpha value is -2.51. The van der Waals surface area contributed by atoms with Crippen molar-refractivity contribution in [1.82, 2.24) is 15.2 Å². The highest BCUT2D eigenvalue weighted by atomic mass is 35.5. The summed E-state index contributed by atoms with van der Waals surface area (Å²) in [6, 6.07) is 8.33. The highest BCUT2D eigenvalue weighted by Gasteiger charge is 2.32. The van der Waals surface area contributed by atoms with Gasteiger partial charge < -0.3 is 10.6 Å². The number of carbonyl (C=O) groups is 2. The molecule has 25 heavy (non-hydrogen) atoms. The van der Waals surface area contributed by atoms with Crippen molar-refractivity contribution in [2.75, 3.05) is 25.0 Å². The number of rotatable bonds is 4. The minimum absolute atomic E-state index is 0.0150. The number of anilines is 1. The Morgan fingerprint density at radius 2 is 2.24 bits per heavy atom. The summed E-state index contributed by atoms with van der Waals surface area (Å²) >= 11 is 5.76. The highest BCUT2D eigenvalue weighted by molar-refractivity contribution is 6.30. The molecule has 1 unspecified atom stereocenters. The number of pyridine rings is 1. The molecule has 2 aromatic rings. The predicted molar refractivity (Wildman–Crippen MR) is 91.6 cm³/mol. The number of carbonyl (C=O) groups excluding carboxylic acids is 2. The van der Waals surface area contributed by atoms with E-state index in [-0.39, 0.29) is 18.4 Å². The van der Waals surface area contributed by atoms with Gasteiger partial charge >= 0.3 is 0 Å². The lowest BCUT2D eigenvalue weighted by Crippen LogP contribution is -2.52. The fourth-order valence-electron chi connectivity index (χ4n) is 2.74. The van der Waals surface area contributed by atoms with E-state index < -0.39 is 11.9 Å². The standard InChI is InChI=1S/C17H16ClFN4O2/c18-12-4-5-14(21-9-12)22-15(24)10-23-7-6-20-17(25)16(23)11-2-1-3-13(19)8-11/h1-5,8-9,16H,6-7,10H2,(H,20,25)(H,21,22,24). The van der Waals surface area contributed by atoms with Crippen LogP contribution in [0.4, 0.5) is 10.2 Å². The van der Waals surface area contributed by atoms with Crippen molar-refractivity contribution in [3.05, 3.63) is 59.0 Å². The van der Waals surface area contributed by atoms with E-state index in [0.717, 1.165) is 0 Å². The van der Waals surface area contributed by atoms with Gasteiger partial charge in [0.2, 0.25) is 11.8 Å². The van der Waals surface area contributed by atoms with Gasteiger partial charge in [-0.1, -0.05) is 23.7 Å². The Bertz CT molecular complexity index is 784. The Morgan fingerprint density at radius 1 is 1.40 bits per heavy atom. The molecule has 0 radical (unpaired) electrons. The fourth-order valence-corrected chi connectivity index (χ4v) is 2.85. The molecule has 2 N–H and O–H groups in total. The molecular weight excluding hydrogens is 347 g/mol. The number of hydrogen-bond donors (Lipinski definition) is 2. The number of aromatic nitrogens is 1. The van der Waals surface area contributed by atoms with Crippen molar-refractivity contribution >= 4 is 29.2 Å². The molecule has 1 fully saturated rings. The Balaban J connectivity index is 1.73. The molecule has 0 saturated carbocycles. The van der Waals surface area contributed by atoms with Crippen LogP contribution >= 0.6 is 11.6 Å². The number of hydrogen-bond acceptors (Lipinski definition) is 4. The summed E-state index contributed by atoms with van der Waals surface area (Å²) in [4.78, 5) is 30.3. The normalized spacial score (nSPS) is 17.8. The zero-order chi connectivity index (χ0) is 17.8. The van der Waals surface area contributed by atoms with Crippen molar-refractivity contribution in [3.8, 4) is 0 Å². The first-order valence-electron chi connectivity index (χ1n) is 7.71. The van der Waals surface area contributed by atoms with E-state index in [9.17, 15) is 14.0 Å². The Kier molecular flexibility index (Phi) is 5.25. The van der Waals surface area contributed by atoms with E-state index in [1.807, 2.05) is 0 Å². The number of amides is 2. The van der Waals surface area contributed by atoms with Crippen molar-refractivity contribution in [3.63, 3.8) is 0 Å². The van der Waals surface area contributed by atoms with Gasteiger partial charge in [-0.05, 0) is 29.8 Å². The molecular formula is C17H16ClFN4O2. The Labute approximate surface area is 149 Å². The summed E-state index contributed by atoms with van der Waals surface area (Å²) in [6.07, 6.45) is 1.43. The number of piperazine rings is 1. The van der Waals surface area contributed by atoms with Crippen LogP contribution in [0.3, 0.4) is 0 Å². The molecule has 1 aromatic carbocycles. The summed E-state index contributed by atoms with van der Waals surface area (Å²) in [6.45, 7) is 0.893. The van der Waals surface area contributed by atoms with Crippen molar-refractivity contribution in [2.24, 2.45) is 0 Å². The van der Waals surface area contributed by atoms with E-state index in [0.29, 0.717) is 29.5 Å². The molecule has 3 rings (SSSR count). The molecule has 2 amide bonds. The monoisotopic (exact) mass is 362 g/mol. The highest BCUT2D eigenvalue weighted by Crippen LogP contribution is 2.23. The van der Waals surface area contributed by atoms with Gasteiger partial charge in [0.25, 0.3) is 0 Å². The average Bonchev–Trinajstić information content (AvgIpc) is 2.57. The molecule has 1 atom stereocenters. The first-order chi connectivity index (χ1) is 12.0. The molecule has 1 aliphatic heterocycles. The van der Waals surface area contributed by atoms with Crippen LogP contribution in [0.15, 0.2) is 42.6 Å². The maximum Gasteiger partial charge on any atom is 0.242 e. The first-order valence-corrected chi connectivity index (χ1v) is 8.09. The predicted octanol–water partition coefficient (Wildman–Crippen LogP) is 1.99. The molecule has 1 aromatic heterocycles. The van der Waals surface area contributed by atoms with Crippen LogP contribution in [0.2, 0.25) is 5.02 Å². The summed E-state index contributed by atoms with van der Waals surface area (Å²) in [5.74, 6) is -0.621. The van der Waals surface area contributed by atoms with Crippen LogP contribution in [0.1, 0.15) is 11.6 Å². The summed E-state index contributed by atoms with van der Waals surface area (Å²) in [5.41, 5.74) is 0.509. The maximum atomic E-state index is 13.5. The van der Waals surface area contributed by atoms with Gasteiger partial charge in [-0.2, -0.15) is 0 Å². The SMILES string of the molecule is O=C(CN1CCNC(=O)C1c1cccc(F)c1)Nc1ccc(Cl)cn1. The first kappa shape index (κ1) is 17.3. The quantitative estimate of drug-likeness (QED) is 0.872. The summed E-state index contributed by atoms with van der Waals surface area (Å²) in [5, 5.41) is 5.88. The second kappa shape index (κ2) is 7.58. The zero-order valence-electron chi connectivity index (χ0n) is 13.2. The van der Waals surface area contributed by atoms with Gasteiger partial charge in [0.05, 0.1) is 11.6 Å². The van der Waals surface area contributed by atoms with E-state index in [4.69, 9.17) is 11.6 Å². The lowest BCUT2D eigenvalue weighted by molar-refractivity contribution is -0.130. The van der Waals surface area contributed by atoms with Crippen LogP contribution in [0.25, 0.3) is 0 Å². The summed E-state index contributed by atoms with van der Waals surface area (Å²) in [7, 11) is 0. The largest absolute Gasteiger partial charge is 0.353 e. The van der Waals surface area contributed by atoms with Gasteiger partial charge in [0.15, 0.2) is 0 Å². The summed E-state index contributed by atoms with van der Waals surface area (Å²) < 4.78 is 13.5. The molecule has 6 nitrogen and oxygen atoms in total. The molecule has 1 saturated heterocycles. The lowest BCUT2D eigenvalue weighted by Gasteiger charge is -2.34. The Morgan fingerprint density at radius 3 is 2.96 bits per heavy atom. The zero-order valence-corrected chi connectivity index (χ0v) is 14.0. The van der Waals surface area contributed by atoms with Crippen LogP contribution in [0.5, 0.6) is 0 Å². The lowest BCUT2D eigenvalue weighted by atomic mass is 10.0. The van der Waals surface area contributed by atoms with E-state index in [1.165, 1.54) is 18.3 Å². The molecule has 0 spiro atoms. The molecule has 0 bridgehead atoms. The van der Waals surface area contributed by atoms with Crippen molar-refractivity contribution in [1.29, 1.82) is 0 Å². The van der Waals surface area contributed by atoms with Gasteiger partial charge in [0.1, 0.15) is 17.7 Å². The molecule has 130 valence electrons. The molecule has 2 heterocycles. The second-order valence-corrected chi connectivity index (χ2v) is 6.07. The van der Waals surface area contributed by atoms with E-state index >= 15 is 0 Å². The van der Waals surface area contributed by atoms with E-state index in [1.54, 1.807) is 29.2 Å². The van der Waals surface area contributed by atoms with Crippen LogP contribution < -0.4 is 10.6 Å². The third kappa shape index (κ3) is 4.32. The fraction of sp³-hybridized carbons (Fsp3) is 0.235. The molecule has 1 aliphatic rings. The van der Waals surface area contributed by atoms with Crippen molar-refractivity contribution in [2.45, 2.75) is 6.04 Å². The van der Waals surface area contributed by atoms with Gasteiger partial charge in [-0.3, -0.25) is 14.5 Å². The van der Waals surface area contributed by atoms with Gasteiger partial charge in [-0.15, -0.1) is 0 Å². The maximum absolute atomic E-state index is 13.5. The third-order valence-electron chi connectivity index (χ3n) is 3.82. The van der Waals surface area contributed by atoms with Gasteiger partial charge in [-0.25, -0.2) is 9.37 Å². The van der Waals surface area contributed by atoms with Crippen LogP contribution in [-0.2, 0) is 9.59 Å². The van der Waals surface area contributed by atoms with Crippen LogP contribution in [0, 0.1) is 5.82 Å². The smallest absolute Gasteiger partial charge is 0.242 e. The van der Waals surface area contributed by atoms with E-state index in [2.05, 4.69) is 15.6 Å². The van der Waals surface area contributed by atoms with Crippen LogP contribution in [-0.4, -0.2) is 41.3 Å². The minimum atomic E-state index is -0.714. The third-order valence-corrected chi connectivity index (χ3v) is 4.04. The second-order valence-electron chi connectivity index (χ2n) is 5.63. The number of nitrogens with one attached hydrogen (secondary N) is 2. The number of halogens is 2. The number of benzene rings is 1. The molecule has 0 aliphatic carbocycles. The minimum Gasteiger partial charge on any atom is -0.353 e. The number of nitrogens with zero attached hydrogens (tertiary/aromatic N) is 2.